The van der Waals surface area contributed by atoms with Gasteiger partial charge in [-0.25, -0.2) is 8.78 Å². The second-order valence-corrected chi connectivity index (χ2v) is 2.97. The van der Waals surface area contributed by atoms with Gasteiger partial charge in [0, 0.05) is 5.56 Å². The first kappa shape index (κ1) is 9.51. The van der Waals surface area contributed by atoms with Gasteiger partial charge in [-0.3, -0.25) is 0 Å². The predicted molar refractivity (Wildman–Crippen MR) is 51.8 cm³/mol. The van der Waals surface area contributed by atoms with Crippen LogP contribution in [0.2, 0.25) is 0 Å². The summed E-state index contributed by atoms with van der Waals surface area (Å²) in [5, 5.41) is 7.37. The van der Waals surface area contributed by atoms with Crippen LogP contribution in [0.3, 0.4) is 0 Å². The molecule has 1 aromatic heterocycles. The summed E-state index contributed by atoms with van der Waals surface area (Å²) in [6.07, 6.45) is 0. The Kier molecular flexibility index (Phi) is 2.29. The van der Waals surface area contributed by atoms with Gasteiger partial charge in [-0.1, -0.05) is 0 Å². The molecule has 2 rings (SSSR count). The Balaban J connectivity index is 2.45. The van der Waals surface area contributed by atoms with Crippen LogP contribution in [0.4, 0.5) is 14.6 Å². The maximum atomic E-state index is 12.9. The second kappa shape index (κ2) is 3.61. The summed E-state index contributed by atoms with van der Waals surface area (Å²) in [7, 11) is 0. The van der Waals surface area contributed by atoms with Crippen molar-refractivity contribution in [2.24, 2.45) is 0 Å². The van der Waals surface area contributed by atoms with E-state index in [1.807, 2.05) is 0 Å². The molecule has 2 aromatic rings. The average molecular weight is 207 g/mol. The number of nitrogens with zero attached hydrogens (tertiary/aromatic N) is 2. The molecule has 1 aromatic carbocycles. The van der Waals surface area contributed by atoms with Crippen molar-refractivity contribution in [2.75, 3.05) is 5.73 Å². The molecule has 0 fully saturated rings. The van der Waals surface area contributed by atoms with Crippen molar-refractivity contribution in [1.29, 1.82) is 0 Å². The van der Waals surface area contributed by atoms with E-state index in [4.69, 9.17) is 5.73 Å². The van der Waals surface area contributed by atoms with Gasteiger partial charge in [-0.05, 0) is 30.3 Å². The van der Waals surface area contributed by atoms with Gasteiger partial charge in [-0.15, -0.1) is 10.2 Å². The Morgan fingerprint density at radius 2 is 1.73 bits per heavy atom. The number of halogens is 2. The van der Waals surface area contributed by atoms with Crippen molar-refractivity contribution < 1.29 is 8.78 Å². The van der Waals surface area contributed by atoms with Crippen molar-refractivity contribution in [3.05, 3.63) is 42.0 Å². The fraction of sp³-hybridized carbons (Fsp3) is 0. The Labute approximate surface area is 84.6 Å². The van der Waals surface area contributed by atoms with Crippen LogP contribution in [0.15, 0.2) is 30.3 Å². The number of aromatic nitrogens is 2. The number of anilines is 1. The van der Waals surface area contributed by atoms with E-state index in [9.17, 15) is 8.78 Å². The van der Waals surface area contributed by atoms with Crippen molar-refractivity contribution in [3.63, 3.8) is 0 Å². The summed E-state index contributed by atoms with van der Waals surface area (Å²) in [6, 6.07) is 6.68. The van der Waals surface area contributed by atoms with Crippen LogP contribution in [0.5, 0.6) is 0 Å². The monoisotopic (exact) mass is 207 g/mol. The molecule has 1 heterocycles. The van der Waals surface area contributed by atoms with Crippen LogP contribution < -0.4 is 5.73 Å². The lowest BCUT2D eigenvalue weighted by Gasteiger charge is -2.00. The molecule has 0 spiro atoms. The van der Waals surface area contributed by atoms with E-state index in [-0.39, 0.29) is 5.82 Å². The van der Waals surface area contributed by atoms with Gasteiger partial charge in [0.05, 0.1) is 5.69 Å². The minimum absolute atomic E-state index is 0.279. The third-order valence-electron chi connectivity index (χ3n) is 1.90. The molecular formula is C10H7F2N3. The molecule has 0 saturated carbocycles. The van der Waals surface area contributed by atoms with Crippen LogP contribution in [-0.4, -0.2) is 10.2 Å². The topological polar surface area (TPSA) is 51.8 Å². The van der Waals surface area contributed by atoms with Gasteiger partial charge >= 0.3 is 0 Å². The van der Waals surface area contributed by atoms with Gasteiger partial charge in [0.25, 0.3) is 0 Å². The zero-order chi connectivity index (χ0) is 10.8. The largest absolute Gasteiger partial charge is 0.382 e. The number of hydrogen-bond donors (Lipinski definition) is 1. The number of nitrogens with two attached hydrogens (primary N) is 1. The van der Waals surface area contributed by atoms with Crippen molar-refractivity contribution in [2.45, 2.75) is 0 Å². The number of benzene rings is 1. The highest BCUT2D eigenvalue weighted by atomic mass is 19.2. The molecule has 0 radical (unpaired) electrons. The highest BCUT2D eigenvalue weighted by Crippen LogP contribution is 2.19. The first-order chi connectivity index (χ1) is 7.16. The van der Waals surface area contributed by atoms with Crippen LogP contribution in [0.25, 0.3) is 11.3 Å². The first-order valence-electron chi connectivity index (χ1n) is 4.21. The SMILES string of the molecule is Nc1ccc(-c2ccc(F)c(F)c2)nn1. The zero-order valence-corrected chi connectivity index (χ0v) is 7.61. The van der Waals surface area contributed by atoms with Gasteiger partial charge in [0.2, 0.25) is 0 Å². The fourth-order valence-corrected chi connectivity index (χ4v) is 1.15. The average Bonchev–Trinajstić information content (AvgIpc) is 2.23. The highest BCUT2D eigenvalue weighted by molar-refractivity contribution is 5.59. The lowest BCUT2D eigenvalue weighted by atomic mass is 10.1. The van der Waals surface area contributed by atoms with Gasteiger partial charge in [-0.2, -0.15) is 0 Å². The predicted octanol–water partition coefficient (Wildman–Crippen LogP) is 2.00. The van der Waals surface area contributed by atoms with Crippen LogP contribution in [-0.2, 0) is 0 Å². The molecule has 0 aliphatic heterocycles. The summed E-state index contributed by atoms with van der Waals surface area (Å²) in [4.78, 5) is 0. The molecule has 0 atom stereocenters. The summed E-state index contributed by atoms with van der Waals surface area (Å²) in [6.45, 7) is 0. The van der Waals surface area contributed by atoms with E-state index in [1.54, 1.807) is 12.1 Å². The number of nitrogen functional groups attached to an aromatic ring is 1. The van der Waals surface area contributed by atoms with Gasteiger partial charge in [0.1, 0.15) is 5.82 Å². The quantitative estimate of drug-likeness (QED) is 0.778. The fourth-order valence-electron chi connectivity index (χ4n) is 1.15. The minimum atomic E-state index is -0.911. The number of hydrogen-bond acceptors (Lipinski definition) is 3. The Morgan fingerprint density at radius 3 is 2.33 bits per heavy atom. The third-order valence-corrected chi connectivity index (χ3v) is 1.90. The third kappa shape index (κ3) is 1.90. The molecule has 0 saturated heterocycles. The Bertz CT molecular complexity index is 483. The minimum Gasteiger partial charge on any atom is -0.382 e. The zero-order valence-electron chi connectivity index (χ0n) is 7.61. The Hall–Kier alpha value is -2.04. The summed E-state index contributed by atoms with van der Waals surface area (Å²) >= 11 is 0. The summed E-state index contributed by atoms with van der Waals surface area (Å²) < 4.78 is 25.5. The van der Waals surface area contributed by atoms with Crippen molar-refractivity contribution in [1.82, 2.24) is 10.2 Å². The molecule has 76 valence electrons. The standard InChI is InChI=1S/C10H7F2N3/c11-7-2-1-6(5-8(7)12)9-3-4-10(13)15-14-9/h1-5H,(H2,13,15). The Morgan fingerprint density at radius 1 is 0.933 bits per heavy atom. The normalized spacial score (nSPS) is 10.3. The molecule has 0 amide bonds. The van der Waals surface area contributed by atoms with E-state index >= 15 is 0 Å². The second-order valence-electron chi connectivity index (χ2n) is 2.97. The molecule has 15 heavy (non-hydrogen) atoms. The molecule has 0 aliphatic rings. The lowest BCUT2D eigenvalue weighted by molar-refractivity contribution is 0.509. The van der Waals surface area contributed by atoms with Crippen LogP contribution in [0.1, 0.15) is 0 Å². The van der Waals surface area contributed by atoms with Crippen LogP contribution >= 0.6 is 0 Å². The molecule has 2 N–H and O–H groups in total. The molecule has 0 aliphatic carbocycles. The smallest absolute Gasteiger partial charge is 0.159 e. The van der Waals surface area contributed by atoms with Crippen molar-refractivity contribution >= 4 is 5.82 Å². The van der Waals surface area contributed by atoms with Crippen molar-refractivity contribution in [3.8, 4) is 11.3 Å². The van der Waals surface area contributed by atoms with E-state index in [0.717, 1.165) is 12.1 Å². The molecule has 3 nitrogen and oxygen atoms in total. The van der Waals surface area contributed by atoms with E-state index in [2.05, 4.69) is 10.2 Å². The lowest BCUT2D eigenvalue weighted by Crippen LogP contribution is -1.94. The molecule has 5 heteroatoms. The van der Waals surface area contributed by atoms with Gasteiger partial charge in [0.15, 0.2) is 11.6 Å². The maximum Gasteiger partial charge on any atom is 0.159 e. The molecular weight excluding hydrogens is 200 g/mol. The van der Waals surface area contributed by atoms with Crippen LogP contribution in [0, 0.1) is 11.6 Å². The van der Waals surface area contributed by atoms with Gasteiger partial charge < -0.3 is 5.73 Å². The maximum absolute atomic E-state index is 12.9. The molecule has 0 bridgehead atoms. The first-order valence-corrected chi connectivity index (χ1v) is 4.21. The number of rotatable bonds is 1. The summed E-state index contributed by atoms with van der Waals surface area (Å²) in [5.41, 5.74) is 6.26. The molecule has 0 unspecified atom stereocenters. The summed E-state index contributed by atoms with van der Waals surface area (Å²) in [5.74, 6) is -1.52. The van der Waals surface area contributed by atoms with E-state index < -0.39 is 11.6 Å². The highest BCUT2D eigenvalue weighted by Gasteiger charge is 2.05. The van der Waals surface area contributed by atoms with E-state index in [1.165, 1.54) is 6.07 Å². The van der Waals surface area contributed by atoms with E-state index in [0.29, 0.717) is 11.3 Å².